The molecule has 0 saturated carbocycles. The maximum atomic E-state index is 5.48. The maximum absolute atomic E-state index is 5.48. The number of hydrogen-bond donors (Lipinski definition) is 1. The van der Waals surface area contributed by atoms with Gasteiger partial charge in [-0.2, -0.15) is 0 Å². The Morgan fingerprint density at radius 1 is 0.800 bits per heavy atom. The van der Waals surface area contributed by atoms with Crippen LogP contribution in [-0.4, -0.2) is 40.3 Å². The molecule has 2 aromatic rings. The molecule has 0 radical (unpaired) electrons. The molecule has 0 atom stereocenters. The molecule has 2 aromatic carbocycles. The van der Waals surface area contributed by atoms with Crippen LogP contribution < -0.4 is 19.5 Å². The molecule has 0 saturated heterocycles. The molecule has 0 unspecified atom stereocenters. The van der Waals surface area contributed by atoms with Crippen LogP contribution in [0.15, 0.2) is 36.4 Å². The topological polar surface area (TPSA) is 43.0 Å². The fourth-order valence-electron chi connectivity index (χ4n) is 2.71. The maximum Gasteiger partial charge on any atom is 0.130 e. The van der Waals surface area contributed by atoms with Gasteiger partial charge in [-0.1, -0.05) is 24.3 Å². The lowest BCUT2D eigenvalue weighted by Gasteiger charge is -2.16. The quantitative estimate of drug-likeness (QED) is 0.757. The van der Waals surface area contributed by atoms with Crippen LogP contribution in [0.4, 0.5) is 0 Å². The highest BCUT2D eigenvalue weighted by Crippen LogP contribution is 2.33. The van der Waals surface area contributed by atoms with E-state index in [2.05, 4.69) is 48.6 Å². The molecule has 0 bridgehead atoms. The van der Waals surface area contributed by atoms with Gasteiger partial charge < -0.3 is 24.4 Å². The van der Waals surface area contributed by atoms with Gasteiger partial charge in [0.2, 0.25) is 0 Å². The van der Waals surface area contributed by atoms with Crippen molar-refractivity contribution < 1.29 is 14.2 Å². The third kappa shape index (κ3) is 5.37. The Morgan fingerprint density at radius 3 is 1.84 bits per heavy atom. The van der Waals surface area contributed by atoms with Crippen molar-refractivity contribution in [1.29, 1.82) is 0 Å². The lowest BCUT2D eigenvalue weighted by Crippen LogP contribution is -2.15. The summed E-state index contributed by atoms with van der Waals surface area (Å²) in [5.41, 5.74) is 3.54. The SMILES string of the molecule is COc1cc(OC)c(CNCc2ccc(CN(C)C)cc2)c(OC)c1. The molecule has 0 aliphatic rings. The van der Waals surface area contributed by atoms with Crippen molar-refractivity contribution in [2.24, 2.45) is 0 Å². The van der Waals surface area contributed by atoms with Gasteiger partial charge in [0.15, 0.2) is 0 Å². The fourth-order valence-corrected chi connectivity index (χ4v) is 2.71. The van der Waals surface area contributed by atoms with Crippen molar-refractivity contribution in [1.82, 2.24) is 10.2 Å². The largest absolute Gasteiger partial charge is 0.496 e. The standard InChI is InChI=1S/C20H28N2O3/c1-22(2)14-16-8-6-15(7-9-16)12-21-13-18-19(24-4)10-17(23-3)11-20(18)25-5/h6-11,21H,12-14H2,1-5H3. The second-order valence-electron chi connectivity index (χ2n) is 6.17. The fraction of sp³-hybridized carbons (Fsp3) is 0.400. The molecule has 2 rings (SSSR count). The minimum Gasteiger partial charge on any atom is -0.496 e. The summed E-state index contributed by atoms with van der Waals surface area (Å²) < 4.78 is 16.2. The van der Waals surface area contributed by atoms with Crippen LogP contribution in [0, 0.1) is 0 Å². The molecule has 0 heterocycles. The van der Waals surface area contributed by atoms with Crippen molar-refractivity contribution in [3.63, 3.8) is 0 Å². The van der Waals surface area contributed by atoms with Crippen molar-refractivity contribution in [3.05, 3.63) is 53.1 Å². The molecule has 0 aliphatic heterocycles. The Balaban J connectivity index is 2.01. The van der Waals surface area contributed by atoms with Gasteiger partial charge in [0.25, 0.3) is 0 Å². The third-order valence-electron chi connectivity index (χ3n) is 3.97. The Kier molecular flexibility index (Phi) is 7.10. The van der Waals surface area contributed by atoms with Crippen molar-refractivity contribution in [2.45, 2.75) is 19.6 Å². The van der Waals surface area contributed by atoms with Gasteiger partial charge in [0.1, 0.15) is 17.2 Å². The Hall–Kier alpha value is -2.24. The van der Waals surface area contributed by atoms with Gasteiger partial charge in [-0.3, -0.25) is 0 Å². The van der Waals surface area contributed by atoms with E-state index in [-0.39, 0.29) is 0 Å². The van der Waals surface area contributed by atoms with Crippen LogP contribution in [-0.2, 0) is 19.6 Å². The van der Waals surface area contributed by atoms with E-state index in [1.807, 2.05) is 12.1 Å². The lowest BCUT2D eigenvalue weighted by atomic mass is 10.1. The normalized spacial score (nSPS) is 10.8. The third-order valence-corrected chi connectivity index (χ3v) is 3.97. The van der Waals surface area contributed by atoms with E-state index in [4.69, 9.17) is 14.2 Å². The van der Waals surface area contributed by atoms with Gasteiger partial charge >= 0.3 is 0 Å². The molecule has 0 aliphatic carbocycles. The molecule has 5 heteroatoms. The van der Waals surface area contributed by atoms with Gasteiger partial charge in [-0.25, -0.2) is 0 Å². The zero-order valence-corrected chi connectivity index (χ0v) is 15.8. The molecule has 0 spiro atoms. The number of rotatable bonds is 9. The Labute approximate surface area is 150 Å². The predicted octanol–water partition coefficient (Wildman–Crippen LogP) is 3.06. The number of nitrogens with zero attached hydrogens (tertiary/aromatic N) is 1. The molecule has 25 heavy (non-hydrogen) atoms. The van der Waals surface area contributed by atoms with Crippen molar-refractivity contribution >= 4 is 0 Å². The van der Waals surface area contributed by atoms with Crippen LogP contribution in [0.2, 0.25) is 0 Å². The van der Waals surface area contributed by atoms with E-state index in [9.17, 15) is 0 Å². The van der Waals surface area contributed by atoms with Gasteiger partial charge in [-0.15, -0.1) is 0 Å². The summed E-state index contributed by atoms with van der Waals surface area (Å²) in [6.07, 6.45) is 0. The second kappa shape index (κ2) is 9.30. The number of benzene rings is 2. The summed E-state index contributed by atoms with van der Waals surface area (Å²) in [4.78, 5) is 2.16. The zero-order valence-electron chi connectivity index (χ0n) is 15.8. The average molecular weight is 344 g/mol. The van der Waals surface area contributed by atoms with Gasteiger partial charge in [0.05, 0.1) is 26.9 Å². The second-order valence-corrected chi connectivity index (χ2v) is 6.17. The highest BCUT2D eigenvalue weighted by Gasteiger charge is 2.12. The first-order chi connectivity index (χ1) is 12.1. The van der Waals surface area contributed by atoms with E-state index in [1.165, 1.54) is 11.1 Å². The minimum atomic E-state index is 0.649. The molecule has 0 aromatic heterocycles. The number of hydrogen-bond acceptors (Lipinski definition) is 5. The van der Waals surface area contributed by atoms with E-state index in [0.29, 0.717) is 12.3 Å². The van der Waals surface area contributed by atoms with Crippen molar-refractivity contribution in [2.75, 3.05) is 35.4 Å². The van der Waals surface area contributed by atoms with Crippen LogP contribution in [0.25, 0.3) is 0 Å². The molecular formula is C20H28N2O3. The molecule has 0 amide bonds. The molecule has 5 nitrogen and oxygen atoms in total. The van der Waals surface area contributed by atoms with Crippen LogP contribution in [0.1, 0.15) is 16.7 Å². The number of methoxy groups -OCH3 is 3. The predicted molar refractivity (Wildman–Crippen MR) is 100 cm³/mol. The van der Waals surface area contributed by atoms with E-state index < -0.39 is 0 Å². The summed E-state index contributed by atoms with van der Waals surface area (Å²) in [6, 6.07) is 12.4. The number of ether oxygens (including phenoxy) is 3. The Morgan fingerprint density at radius 2 is 1.36 bits per heavy atom. The summed E-state index contributed by atoms with van der Waals surface area (Å²) in [7, 11) is 9.09. The first-order valence-corrected chi connectivity index (χ1v) is 8.29. The van der Waals surface area contributed by atoms with Crippen molar-refractivity contribution in [3.8, 4) is 17.2 Å². The molecule has 136 valence electrons. The smallest absolute Gasteiger partial charge is 0.130 e. The monoisotopic (exact) mass is 344 g/mol. The minimum absolute atomic E-state index is 0.649. The molecular weight excluding hydrogens is 316 g/mol. The van der Waals surface area contributed by atoms with E-state index in [0.717, 1.165) is 30.2 Å². The van der Waals surface area contributed by atoms with Gasteiger partial charge in [-0.05, 0) is 25.2 Å². The van der Waals surface area contributed by atoms with Crippen LogP contribution in [0.3, 0.4) is 0 Å². The summed E-state index contributed by atoms with van der Waals surface area (Å²) in [6.45, 7) is 2.38. The first kappa shape index (κ1) is 19.1. The van der Waals surface area contributed by atoms with E-state index in [1.54, 1.807) is 21.3 Å². The van der Waals surface area contributed by atoms with Crippen LogP contribution in [0.5, 0.6) is 17.2 Å². The zero-order chi connectivity index (χ0) is 18.2. The van der Waals surface area contributed by atoms with Crippen LogP contribution >= 0.6 is 0 Å². The lowest BCUT2D eigenvalue weighted by molar-refractivity contribution is 0.366. The summed E-state index contributed by atoms with van der Waals surface area (Å²) in [5.74, 6) is 2.23. The van der Waals surface area contributed by atoms with E-state index >= 15 is 0 Å². The molecule has 0 fully saturated rings. The average Bonchev–Trinajstić information content (AvgIpc) is 2.62. The van der Waals surface area contributed by atoms with Gasteiger partial charge in [0, 0.05) is 31.8 Å². The highest BCUT2D eigenvalue weighted by atomic mass is 16.5. The summed E-state index contributed by atoms with van der Waals surface area (Å²) in [5, 5.41) is 3.45. The highest BCUT2D eigenvalue weighted by molar-refractivity contribution is 5.50. The number of nitrogens with one attached hydrogen (secondary N) is 1. The first-order valence-electron chi connectivity index (χ1n) is 8.29. The Bertz CT molecular complexity index is 644. The molecule has 1 N–H and O–H groups in total. The summed E-state index contributed by atoms with van der Waals surface area (Å²) >= 11 is 0.